The number of hydrogen-bond donors (Lipinski definition) is 0. The number of ether oxygens (including phenoxy) is 2. The lowest BCUT2D eigenvalue weighted by Gasteiger charge is -2.07. The molecule has 0 radical (unpaired) electrons. The van der Waals surface area contributed by atoms with Crippen LogP contribution in [0.15, 0.2) is 29.6 Å². The van der Waals surface area contributed by atoms with Crippen molar-refractivity contribution in [1.29, 1.82) is 5.26 Å². The molecule has 0 aliphatic heterocycles. The van der Waals surface area contributed by atoms with E-state index in [1.165, 1.54) is 0 Å². The van der Waals surface area contributed by atoms with Crippen LogP contribution in [0.25, 0.3) is 0 Å². The van der Waals surface area contributed by atoms with Crippen molar-refractivity contribution >= 4 is 11.3 Å². The molecule has 0 fully saturated rings. The largest absolute Gasteiger partial charge is 0.487 e. The van der Waals surface area contributed by atoms with Crippen molar-refractivity contribution < 1.29 is 9.47 Å². The van der Waals surface area contributed by atoms with Gasteiger partial charge in [-0.2, -0.15) is 5.26 Å². The first-order valence-electron chi connectivity index (χ1n) is 6.41. The molecule has 1 atom stereocenters. The Balaban J connectivity index is 1.95. The monoisotopic (exact) mass is 288 g/mol. The summed E-state index contributed by atoms with van der Waals surface area (Å²) in [4.78, 5) is 4.49. The summed E-state index contributed by atoms with van der Waals surface area (Å²) in [6.07, 6.45) is 0.0145. The number of hydrogen-bond acceptors (Lipinski definition) is 5. The minimum atomic E-state index is 0.0145. The van der Waals surface area contributed by atoms with E-state index in [0.29, 0.717) is 24.5 Å². The Labute approximate surface area is 122 Å². The molecule has 2 rings (SSSR count). The van der Waals surface area contributed by atoms with E-state index in [-0.39, 0.29) is 6.10 Å². The summed E-state index contributed by atoms with van der Waals surface area (Å²) in [5.74, 6) is 0.677. The van der Waals surface area contributed by atoms with Crippen LogP contribution < -0.4 is 4.74 Å². The highest BCUT2D eigenvalue weighted by molar-refractivity contribution is 7.09. The van der Waals surface area contributed by atoms with Gasteiger partial charge in [0.15, 0.2) is 0 Å². The third kappa shape index (κ3) is 3.80. The SMILES string of the molecule is CCO[C@H](C)c1nc(COc2cccc(C#N)c2)cs1. The van der Waals surface area contributed by atoms with E-state index in [1.807, 2.05) is 25.3 Å². The topological polar surface area (TPSA) is 55.1 Å². The molecule has 0 amide bonds. The third-order valence-electron chi connectivity index (χ3n) is 2.68. The van der Waals surface area contributed by atoms with Crippen LogP contribution in [0.1, 0.15) is 36.2 Å². The molecule has 20 heavy (non-hydrogen) atoms. The van der Waals surface area contributed by atoms with Gasteiger partial charge in [-0.05, 0) is 32.0 Å². The maximum atomic E-state index is 8.83. The minimum Gasteiger partial charge on any atom is -0.487 e. The first kappa shape index (κ1) is 14.5. The molecule has 1 heterocycles. The molecule has 1 aromatic carbocycles. The molecule has 0 bridgehead atoms. The highest BCUT2D eigenvalue weighted by Crippen LogP contribution is 2.22. The first-order chi connectivity index (χ1) is 9.72. The van der Waals surface area contributed by atoms with Gasteiger partial charge in [0, 0.05) is 12.0 Å². The Kier molecular flexibility index (Phi) is 5.10. The number of thiazole rings is 1. The molecule has 4 nitrogen and oxygen atoms in total. The van der Waals surface area contributed by atoms with E-state index in [2.05, 4.69) is 11.1 Å². The first-order valence-corrected chi connectivity index (χ1v) is 7.29. The number of nitrogens with zero attached hydrogens (tertiary/aromatic N) is 2. The third-order valence-corrected chi connectivity index (χ3v) is 3.74. The molecule has 0 saturated carbocycles. The van der Waals surface area contributed by atoms with Crippen molar-refractivity contribution in [3.05, 3.63) is 45.9 Å². The number of benzene rings is 1. The van der Waals surface area contributed by atoms with Crippen molar-refractivity contribution in [3.8, 4) is 11.8 Å². The predicted molar refractivity (Wildman–Crippen MR) is 77.6 cm³/mol. The summed E-state index contributed by atoms with van der Waals surface area (Å²) in [5, 5.41) is 11.8. The van der Waals surface area contributed by atoms with Crippen LogP contribution >= 0.6 is 11.3 Å². The Hall–Kier alpha value is -1.90. The fourth-order valence-corrected chi connectivity index (χ4v) is 2.52. The van der Waals surface area contributed by atoms with Gasteiger partial charge in [0.25, 0.3) is 0 Å². The van der Waals surface area contributed by atoms with E-state index >= 15 is 0 Å². The Morgan fingerprint density at radius 1 is 1.45 bits per heavy atom. The summed E-state index contributed by atoms with van der Waals surface area (Å²) in [6, 6.07) is 9.19. The normalized spacial score (nSPS) is 11.8. The molecule has 104 valence electrons. The van der Waals surface area contributed by atoms with Crippen LogP contribution in [0.5, 0.6) is 5.75 Å². The van der Waals surface area contributed by atoms with Crippen molar-refractivity contribution in [2.75, 3.05) is 6.61 Å². The highest BCUT2D eigenvalue weighted by Gasteiger charge is 2.10. The molecule has 0 aliphatic rings. The zero-order valence-electron chi connectivity index (χ0n) is 11.5. The van der Waals surface area contributed by atoms with Gasteiger partial charge in [0.05, 0.1) is 17.3 Å². The number of aromatic nitrogens is 1. The molecular formula is C15H16N2O2S. The second kappa shape index (κ2) is 7.04. The second-order valence-corrected chi connectivity index (χ2v) is 5.09. The van der Waals surface area contributed by atoms with Gasteiger partial charge in [0.1, 0.15) is 23.5 Å². The lowest BCUT2D eigenvalue weighted by molar-refractivity contribution is 0.0760. The lowest BCUT2D eigenvalue weighted by atomic mass is 10.2. The summed E-state index contributed by atoms with van der Waals surface area (Å²) in [7, 11) is 0. The van der Waals surface area contributed by atoms with Gasteiger partial charge >= 0.3 is 0 Å². The summed E-state index contributed by atoms with van der Waals surface area (Å²) >= 11 is 1.57. The molecule has 1 aromatic heterocycles. The van der Waals surface area contributed by atoms with Crippen molar-refractivity contribution in [3.63, 3.8) is 0 Å². The highest BCUT2D eigenvalue weighted by atomic mass is 32.1. The molecule has 2 aromatic rings. The van der Waals surface area contributed by atoms with Crippen LogP contribution in [-0.4, -0.2) is 11.6 Å². The Morgan fingerprint density at radius 2 is 2.30 bits per heavy atom. The van der Waals surface area contributed by atoms with E-state index in [4.69, 9.17) is 14.7 Å². The molecule has 0 saturated heterocycles. The van der Waals surface area contributed by atoms with Crippen LogP contribution in [0.2, 0.25) is 0 Å². The van der Waals surface area contributed by atoms with Gasteiger partial charge in [0.2, 0.25) is 0 Å². The number of nitriles is 1. The van der Waals surface area contributed by atoms with Gasteiger partial charge in [-0.1, -0.05) is 6.07 Å². The van der Waals surface area contributed by atoms with E-state index in [1.54, 1.807) is 29.5 Å². The molecule has 5 heteroatoms. The Bertz CT molecular complexity index is 604. The lowest BCUT2D eigenvalue weighted by Crippen LogP contribution is -2.00. The molecule has 0 aliphatic carbocycles. The summed E-state index contributed by atoms with van der Waals surface area (Å²) in [5.41, 5.74) is 1.46. The van der Waals surface area contributed by atoms with E-state index in [0.717, 1.165) is 10.7 Å². The number of rotatable bonds is 6. The maximum absolute atomic E-state index is 8.83. The van der Waals surface area contributed by atoms with Gasteiger partial charge in [-0.25, -0.2) is 4.98 Å². The average Bonchev–Trinajstić information content (AvgIpc) is 2.94. The smallest absolute Gasteiger partial charge is 0.131 e. The van der Waals surface area contributed by atoms with Gasteiger partial charge in [-0.3, -0.25) is 0 Å². The van der Waals surface area contributed by atoms with Crippen LogP contribution in [0.4, 0.5) is 0 Å². The zero-order valence-corrected chi connectivity index (χ0v) is 12.3. The zero-order chi connectivity index (χ0) is 14.4. The van der Waals surface area contributed by atoms with Crippen LogP contribution in [-0.2, 0) is 11.3 Å². The van der Waals surface area contributed by atoms with Gasteiger partial charge in [-0.15, -0.1) is 11.3 Å². The Morgan fingerprint density at radius 3 is 3.05 bits per heavy atom. The van der Waals surface area contributed by atoms with E-state index < -0.39 is 0 Å². The molecular weight excluding hydrogens is 272 g/mol. The molecule has 0 spiro atoms. The van der Waals surface area contributed by atoms with Crippen LogP contribution in [0, 0.1) is 11.3 Å². The van der Waals surface area contributed by atoms with Crippen molar-refractivity contribution in [2.24, 2.45) is 0 Å². The second-order valence-electron chi connectivity index (χ2n) is 4.20. The quantitative estimate of drug-likeness (QED) is 0.813. The standard InChI is InChI=1S/C15H16N2O2S/c1-3-18-11(2)15-17-13(10-20-15)9-19-14-6-4-5-12(7-14)8-16/h4-7,10-11H,3,9H2,1-2H3/t11-/m1/s1. The van der Waals surface area contributed by atoms with Gasteiger partial charge < -0.3 is 9.47 Å². The summed E-state index contributed by atoms with van der Waals surface area (Å²) < 4.78 is 11.1. The van der Waals surface area contributed by atoms with Crippen LogP contribution in [0.3, 0.4) is 0 Å². The fraction of sp³-hybridized carbons (Fsp3) is 0.333. The average molecular weight is 288 g/mol. The van der Waals surface area contributed by atoms with Crippen molar-refractivity contribution in [2.45, 2.75) is 26.6 Å². The van der Waals surface area contributed by atoms with E-state index in [9.17, 15) is 0 Å². The summed E-state index contributed by atoms with van der Waals surface area (Å²) in [6.45, 7) is 5.03. The predicted octanol–water partition coefficient (Wildman–Crippen LogP) is 3.69. The molecule has 0 unspecified atom stereocenters. The van der Waals surface area contributed by atoms with Crippen molar-refractivity contribution in [1.82, 2.24) is 4.98 Å². The fourth-order valence-electron chi connectivity index (χ4n) is 1.71. The minimum absolute atomic E-state index is 0.0145. The maximum Gasteiger partial charge on any atom is 0.131 e. The molecule has 0 N–H and O–H groups in total.